The molecule has 1 aromatic heterocycles. The Morgan fingerprint density at radius 1 is 1.21 bits per heavy atom. The van der Waals surface area contributed by atoms with Gasteiger partial charge >= 0.3 is 5.97 Å². The van der Waals surface area contributed by atoms with Crippen LogP contribution in [0.3, 0.4) is 0 Å². The molecule has 1 heterocycles. The van der Waals surface area contributed by atoms with Gasteiger partial charge in [0.1, 0.15) is 23.1 Å². The van der Waals surface area contributed by atoms with Crippen molar-refractivity contribution in [2.24, 2.45) is 9.98 Å². The number of carboxylic acid groups (broad SMARTS) is 1. The Balaban J connectivity index is 0.00000280. The zero-order chi connectivity index (χ0) is 19.8. The van der Waals surface area contributed by atoms with Gasteiger partial charge in [0.15, 0.2) is 5.82 Å². The van der Waals surface area contributed by atoms with Crippen LogP contribution in [-0.2, 0) is 26.6 Å². The van der Waals surface area contributed by atoms with E-state index in [1.807, 2.05) is 0 Å². The van der Waals surface area contributed by atoms with Crippen molar-refractivity contribution in [2.45, 2.75) is 11.8 Å². The summed E-state index contributed by atoms with van der Waals surface area (Å²) in [6, 6.07) is 8.94. The monoisotopic (exact) mass is 446 g/mol. The van der Waals surface area contributed by atoms with E-state index in [0.717, 1.165) is 6.07 Å². The second-order valence-electron chi connectivity index (χ2n) is 5.52. The number of carboxylic acids is 1. The van der Waals surface area contributed by atoms with Crippen molar-refractivity contribution in [3.05, 3.63) is 41.6 Å². The van der Waals surface area contributed by atoms with Crippen molar-refractivity contribution >= 4 is 44.4 Å². The first-order valence-corrected chi connectivity index (χ1v) is 8.80. The van der Waals surface area contributed by atoms with Gasteiger partial charge in [0.2, 0.25) is 0 Å². The predicted octanol–water partition coefficient (Wildman–Crippen LogP) is 2.66. The van der Waals surface area contributed by atoms with Crippen LogP contribution in [0.4, 0.5) is 11.5 Å². The minimum absolute atomic E-state index is 0. The van der Waals surface area contributed by atoms with E-state index in [1.165, 1.54) is 18.2 Å². The van der Waals surface area contributed by atoms with Gasteiger partial charge in [-0.25, -0.2) is 4.79 Å². The van der Waals surface area contributed by atoms with Crippen molar-refractivity contribution in [2.75, 3.05) is 0 Å². The molecule has 3 rings (SSSR count). The quantitative estimate of drug-likeness (QED) is 0.271. The molecule has 0 amide bonds. The molecule has 28 heavy (non-hydrogen) atoms. The molecular formula is C16H12N4NiO6S. The number of aliphatic imine (C=N–C) groups is 2. The van der Waals surface area contributed by atoms with Crippen LogP contribution < -0.4 is 0 Å². The van der Waals surface area contributed by atoms with Crippen molar-refractivity contribution < 1.29 is 44.5 Å². The fourth-order valence-electron chi connectivity index (χ4n) is 2.36. The smallest absolute Gasteiger partial charge is 0.353 e. The van der Waals surface area contributed by atoms with E-state index < -0.39 is 16.1 Å². The van der Waals surface area contributed by atoms with Gasteiger partial charge < -0.3 is 10.2 Å². The first-order chi connectivity index (χ1) is 12.7. The Morgan fingerprint density at radius 3 is 2.54 bits per heavy atom. The normalized spacial score (nSPS) is 10.8. The van der Waals surface area contributed by atoms with Crippen molar-refractivity contribution in [3.63, 3.8) is 0 Å². The maximum absolute atomic E-state index is 11.4. The number of aromatic hydroxyl groups is 1. The Kier molecular flexibility index (Phi) is 6.01. The number of aromatic nitrogens is 2. The van der Waals surface area contributed by atoms with Gasteiger partial charge in [-0.1, -0.05) is 6.07 Å². The topological polar surface area (TPSA) is 165 Å². The number of carbonyl (C=O) groups is 1. The SMILES string of the molecule is Cc1cc2ccc(S(=O)(=O)O)cc2c(N=C=Nc2cc(C(=O)O)[nH]n2)c1O.[Ni]. The van der Waals surface area contributed by atoms with Crippen LogP contribution in [0.25, 0.3) is 10.8 Å². The molecular weight excluding hydrogens is 435 g/mol. The number of nitrogens with one attached hydrogen (secondary N) is 1. The summed E-state index contributed by atoms with van der Waals surface area (Å²) in [5.74, 6) is -1.42. The Bertz CT molecular complexity index is 1250. The average molecular weight is 447 g/mol. The molecule has 0 atom stereocenters. The Hall–Kier alpha value is -3.04. The van der Waals surface area contributed by atoms with Crippen LogP contribution >= 0.6 is 0 Å². The number of benzene rings is 2. The molecule has 0 fully saturated rings. The fourth-order valence-corrected chi connectivity index (χ4v) is 2.87. The Labute approximate surface area is 168 Å². The molecule has 0 unspecified atom stereocenters. The van der Waals surface area contributed by atoms with Gasteiger partial charge in [-0.05, 0) is 36.1 Å². The molecule has 0 aliphatic rings. The van der Waals surface area contributed by atoms with Crippen LogP contribution in [0.15, 0.2) is 45.2 Å². The fraction of sp³-hybridized carbons (Fsp3) is 0.0625. The zero-order valence-corrected chi connectivity index (χ0v) is 15.8. The van der Waals surface area contributed by atoms with Crippen LogP contribution in [0.1, 0.15) is 16.1 Å². The van der Waals surface area contributed by atoms with Gasteiger partial charge in [-0.2, -0.15) is 23.5 Å². The molecule has 2 aromatic carbocycles. The van der Waals surface area contributed by atoms with E-state index >= 15 is 0 Å². The summed E-state index contributed by atoms with van der Waals surface area (Å²) in [5.41, 5.74) is 0.307. The summed E-state index contributed by atoms with van der Waals surface area (Å²) in [5, 5.41) is 25.8. The summed E-state index contributed by atoms with van der Waals surface area (Å²) in [6.07, 6.45) is 0. The molecule has 0 bridgehead atoms. The average Bonchev–Trinajstić information content (AvgIpc) is 3.06. The summed E-state index contributed by atoms with van der Waals surface area (Å²) >= 11 is 0. The van der Waals surface area contributed by atoms with E-state index in [-0.39, 0.29) is 49.7 Å². The third-order valence-corrected chi connectivity index (χ3v) is 4.52. The summed E-state index contributed by atoms with van der Waals surface area (Å²) in [7, 11) is -4.44. The molecule has 10 nitrogen and oxygen atoms in total. The number of aryl methyl sites for hydroxylation is 1. The number of fused-ring (bicyclic) bond motifs is 1. The maximum atomic E-state index is 11.4. The predicted molar refractivity (Wildman–Crippen MR) is 94.9 cm³/mol. The van der Waals surface area contributed by atoms with E-state index in [2.05, 4.69) is 26.2 Å². The number of phenols is 1. The van der Waals surface area contributed by atoms with E-state index in [9.17, 15) is 22.9 Å². The maximum Gasteiger partial charge on any atom is 0.353 e. The number of rotatable bonds is 4. The van der Waals surface area contributed by atoms with Crippen molar-refractivity contribution in [1.82, 2.24) is 10.2 Å². The molecule has 0 spiro atoms. The number of hydrogen-bond acceptors (Lipinski definition) is 7. The second-order valence-corrected chi connectivity index (χ2v) is 6.94. The van der Waals surface area contributed by atoms with Crippen LogP contribution in [0, 0.1) is 6.92 Å². The second kappa shape index (κ2) is 7.91. The van der Waals surface area contributed by atoms with Gasteiger partial charge in [0, 0.05) is 27.9 Å². The molecule has 4 N–H and O–H groups in total. The number of phenolic OH excluding ortho intramolecular Hbond substituents is 1. The van der Waals surface area contributed by atoms with E-state index in [0.29, 0.717) is 10.9 Å². The molecule has 0 aliphatic carbocycles. The van der Waals surface area contributed by atoms with Crippen molar-refractivity contribution in [1.29, 1.82) is 0 Å². The van der Waals surface area contributed by atoms with Crippen LogP contribution in [-0.4, -0.2) is 45.4 Å². The third kappa shape index (κ3) is 4.27. The first-order valence-electron chi connectivity index (χ1n) is 7.36. The molecule has 0 radical (unpaired) electrons. The minimum Gasteiger partial charge on any atom is -0.505 e. The summed E-state index contributed by atoms with van der Waals surface area (Å²) in [6.45, 7) is 1.63. The van der Waals surface area contributed by atoms with Crippen LogP contribution in [0.5, 0.6) is 5.75 Å². The summed E-state index contributed by atoms with van der Waals surface area (Å²) in [4.78, 5) is 18.1. The van der Waals surface area contributed by atoms with Gasteiger partial charge in [0.25, 0.3) is 10.1 Å². The zero-order valence-electron chi connectivity index (χ0n) is 14.0. The molecule has 0 saturated heterocycles. The Morgan fingerprint density at radius 2 is 1.93 bits per heavy atom. The molecule has 3 aromatic rings. The van der Waals surface area contributed by atoms with Crippen LogP contribution in [0.2, 0.25) is 0 Å². The number of aromatic carboxylic acids is 1. The first kappa shape index (κ1) is 21.3. The van der Waals surface area contributed by atoms with E-state index in [1.54, 1.807) is 13.0 Å². The van der Waals surface area contributed by atoms with Gasteiger partial charge in [-0.15, -0.1) is 0 Å². The number of nitrogens with zero attached hydrogens (tertiary/aromatic N) is 3. The molecule has 12 heteroatoms. The van der Waals surface area contributed by atoms with Gasteiger partial charge in [0.05, 0.1) is 4.90 Å². The summed E-state index contributed by atoms with van der Waals surface area (Å²) < 4.78 is 31.9. The molecule has 0 saturated carbocycles. The standard InChI is InChI=1S/C16H12N4O6S.Ni/c1-8-4-9-2-3-10(27(24,25)26)5-11(9)14(15(8)21)18-7-17-13-6-12(16(22)23)19-20-13;/h2-6,21H,1H3,(H,19,20)(H,22,23)(H,24,25,26);. The number of H-pyrrole nitrogens is 1. The van der Waals surface area contributed by atoms with E-state index in [4.69, 9.17) is 5.11 Å². The number of aromatic amines is 1. The largest absolute Gasteiger partial charge is 0.505 e. The van der Waals surface area contributed by atoms with Crippen molar-refractivity contribution in [3.8, 4) is 5.75 Å². The third-order valence-electron chi connectivity index (χ3n) is 3.67. The minimum atomic E-state index is -4.44. The molecule has 148 valence electrons. The number of hydrogen-bond donors (Lipinski definition) is 4. The molecule has 0 aliphatic heterocycles. The van der Waals surface area contributed by atoms with Gasteiger partial charge in [-0.3, -0.25) is 9.65 Å².